The van der Waals surface area contributed by atoms with E-state index in [2.05, 4.69) is 4.74 Å². The minimum absolute atomic E-state index is 0.126. The lowest BCUT2D eigenvalue weighted by Crippen LogP contribution is -2.27. The largest absolute Gasteiger partial charge is 0.467 e. The Morgan fingerprint density at radius 3 is 2.16 bits per heavy atom. The summed E-state index contributed by atoms with van der Waals surface area (Å²) in [6.07, 6.45) is -1.06. The Balaban J connectivity index is 2.92. The summed E-state index contributed by atoms with van der Waals surface area (Å²) in [5, 5.41) is 0.811. The van der Waals surface area contributed by atoms with Crippen molar-refractivity contribution in [3.8, 4) is 0 Å². The SMILES string of the molecule is COC(=O)C(CC(=O)c1cc(Cl)c(C)c(Cl)c1)OC. The Morgan fingerprint density at radius 2 is 1.74 bits per heavy atom. The molecular formula is C13H14Cl2O4. The predicted octanol–water partition coefficient (Wildman–Crippen LogP) is 3.06. The molecule has 0 aromatic heterocycles. The monoisotopic (exact) mass is 304 g/mol. The molecule has 4 nitrogen and oxygen atoms in total. The van der Waals surface area contributed by atoms with E-state index in [1.165, 1.54) is 26.4 Å². The third kappa shape index (κ3) is 3.93. The summed E-state index contributed by atoms with van der Waals surface area (Å²) in [4.78, 5) is 23.4. The van der Waals surface area contributed by atoms with Crippen LogP contribution in [0, 0.1) is 6.92 Å². The molecule has 0 saturated carbocycles. The van der Waals surface area contributed by atoms with Crippen molar-refractivity contribution in [3.63, 3.8) is 0 Å². The lowest BCUT2D eigenvalue weighted by atomic mass is 10.0. The topological polar surface area (TPSA) is 52.6 Å². The summed E-state index contributed by atoms with van der Waals surface area (Å²) < 4.78 is 9.46. The number of halogens is 2. The molecule has 0 radical (unpaired) electrons. The van der Waals surface area contributed by atoms with E-state index >= 15 is 0 Å². The molecule has 0 aliphatic rings. The first kappa shape index (κ1) is 16.0. The number of esters is 1. The first-order valence-electron chi connectivity index (χ1n) is 5.50. The van der Waals surface area contributed by atoms with E-state index in [1.807, 2.05) is 0 Å². The number of methoxy groups -OCH3 is 2. The molecule has 19 heavy (non-hydrogen) atoms. The minimum Gasteiger partial charge on any atom is -0.467 e. The third-order valence-electron chi connectivity index (χ3n) is 2.72. The maximum atomic E-state index is 12.0. The first-order valence-corrected chi connectivity index (χ1v) is 6.25. The van der Waals surface area contributed by atoms with Gasteiger partial charge in [-0.05, 0) is 24.6 Å². The molecule has 1 rings (SSSR count). The molecule has 1 aromatic carbocycles. The van der Waals surface area contributed by atoms with E-state index < -0.39 is 12.1 Å². The van der Waals surface area contributed by atoms with Gasteiger partial charge in [0.25, 0.3) is 0 Å². The average molecular weight is 305 g/mol. The highest BCUT2D eigenvalue weighted by molar-refractivity contribution is 6.36. The van der Waals surface area contributed by atoms with Crippen LogP contribution in [0.4, 0.5) is 0 Å². The minimum atomic E-state index is -0.934. The number of hydrogen-bond donors (Lipinski definition) is 0. The van der Waals surface area contributed by atoms with Crippen LogP contribution in [0.15, 0.2) is 12.1 Å². The molecule has 0 N–H and O–H groups in total. The number of rotatable bonds is 5. The summed E-state index contributed by atoms with van der Waals surface area (Å²) in [5.41, 5.74) is 1.04. The van der Waals surface area contributed by atoms with Crippen molar-refractivity contribution in [3.05, 3.63) is 33.3 Å². The van der Waals surface area contributed by atoms with E-state index in [1.54, 1.807) is 6.92 Å². The number of hydrogen-bond acceptors (Lipinski definition) is 4. The Morgan fingerprint density at radius 1 is 1.21 bits per heavy atom. The number of ketones is 1. The standard InChI is InChI=1S/C13H14Cl2O4/c1-7-9(14)4-8(5-10(7)15)11(16)6-12(18-2)13(17)19-3/h4-5,12H,6H2,1-3H3. The van der Waals surface area contributed by atoms with Crippen LogP contribution in [0.5, 0.6) is 0 Å². The molecule has 0 spiro atoms. The Hall–Kier alpha value is -1.10. The van der Waals surface area contributed by atoms with Gasteiger partial charge in [-0.15, -0.1) is 0 Å². The van der Waals surface area contributed by atoms with Crippen LogP contribution < -0.4 is 0 Å². The number of ether oxygens (including phenoxy) is 2. The van der Waals surface area contributed by atoms with Gasteiger partial charge in [-0.1, -0.05) is 23.2 Å². The van der Waals surface area contributed by atoms with Gasteiger partial charge in [0.05, 0.1) is 7.11 Å². The van der Waals surface area contributed by atoms with Gasteiger partial charge in [-0.3, -0.25) is 4.79 Å². The molecular weight excluding hydrogens is 291 g/mol. The van der Waals surface area contributed by atoms with Crippen molar-refractivity contribution < 1.29 is 19.1 Å². The van der Waals surface area contributed by atoms with Crippen molar-refractivity contribution in [1.29, 1.82) is 0 Å². The second-order valence-corrected chi connectivity index (χ2v) is 4.75. The van der Waals surface area contributed by atoms with Gasteiger partial charge in [-0.2, -0.15) is 0 Å². The van der Waals surface area contributed by atoms with Crippen LogP contribution >= 0.6 is 23.2 Å². The maximum Gasteiger partial charge on any atom is 0.335 e. The molecule has 0 fully saturated rings. The second kappa shape index (κ2) is 6.89. The highest BCUT2D eigenvalue weighted by Crippen LogP contribution is 2.26. The lowest BCUT2D eigenvalue weighted by molar-refractivity contribution is -0.152. The van der Waals surface area contributed by atoms with Crippen LogP contribution in [0.1, 0.15) is 22.3 Å². The highest BCUT2D eigenvalue weighted by Gasteiger charge is 2.23. The molecule has 1 atom stereocenters. The molecule has 6 heteroatoms. The van der Waals surface area contributed by atoms with Gasteiger partial charge < -0.3 is 9.47 Å². The van der Waals surface area contributed by atoms with Crippen LogP contribution in [-0.4, -0.2) is 32.1 Å². The van der Waals surface area contributed by atoms with Crippen LogP contribution in [0.25, 0.3) is 0 Å². The quantitative estimate of drug-likeness (QED) is 0.620. The molecule has 0 amide bonds. The molecule has 0 aliphatic carbocycles. The average Bonchev–Trinajstić information content (AvgIpc) is 2.40. The molecule has 0 aliphatic heterocycles. The van der Waals surface area contributed by atoms with E-state index in [0.29, 0.717) is 21.2 Å². The normalized spacial score (nSPS) is 12.1. The van der Waals surface area contributed by atoms with Crippen molar-refractivity contribution in [2.24, 2.45) is 0 Å². The van der Waals surface area contributed by atoms with E-state index in [4.69, 9.17) is 27.9 Å². The summed E-state index contributed by atoms with van der Waals surface area (Å²) in [6, 6.07) is 3.05. The smallest absolute Gasteiger partial charge is 0.335 e. The van der Waals surface area contributed by atoms with Gasteiger partial charge in [0.1, 0.15) is 0 Å². The second-order valence-electron chi connectivity index (χ2n) is 3.94. The van der Waals surface area contributed by atoms with E-state index in [9.17, 15) is 9.59 Å². The number of Topliss-reactive ketones (excluding diaryl/α,β-unsaturated/α-hetero) is 1. The van der Waals surface area contributed by atoms with Crippen LogP contribution in [-0.2, 0) is 14.3 Å². The molecule has 104 valence electrons. The fourth-order valence-corrected chi connectivity index (χ4v) is 1.97. The predicted molar refractivity (Wildman–Crippen MR) is 73.0 cm³/mol. The van der Waals surface area contributed by atoms with Crippen molar-refractivity contribution >= 4 is 35.0 Å². The van der Waals surface area contributed by atoms with Gasteiger partial charge in [-0.25, -0.2) is 4.79 Å². The van der Waals surface area contributed by atoms with Crippen molar-refractivity contribution in [1.82, 2.24) is 0 Å². The summed E-state index contributed by atoms with van der Waals surface area (Å²) >= 11 is 11.9. The fraction of sp³-hybridized carbons (Fsp3) is 0.385. The summed E-state index contributed by atoms with van der Waals surface area (Å²) in [5.74, 6) is -0.888. The Labute approximate surface area is 121 Å². The summed E-state index contributed by atoms with van der Waals surface area (Å²) in [6.45, 7) is 1.76. The molecule has 0 saturated heterocycles. The molecule has 0 heterocycles. The fourth-order valence-electron chi connectivity index (χ4n) is 1.49. The zero-order chi connectivity index (χ0) is 14.6. The molecule has 1 aromatic rings. The van der Waals surface area contributed by atoms with Crippen LogP contribution in [0.2, 0.25) is 10.0 Å². The third-order valence-corrected chi connectivity index (χ3v) is 3.51. The first-order chi connectivity index (χ1) is 8.90. The Bertz CT molecular complexity index is 476. The molecule has 1 unspecified atom stereocenters. The zero-order valence-corrected chi connectivity index (χ0v) is 12.3. The van der Waals surface area contributed by atoms with E-state index in [0.717, 1.165) is 0 Å². The summed E-state index contributed by atoms with van der Waals surface area (Å²) in [7, 11) is 2.57. The van der Waals surface area contributed by atoms with Crippen molar-refractivity contribution in [2.45, 2.75) is 19.4 Å². The van der Waals surface area contributed by atoms with E-state index in [-0.39, 0.29) is 12.2 Å². The number of carbonyl (C=O) groups excluding carboxylic acids is 2. The van der Waals surface area contributed by atoms with Crippen LogP contribution in [0.3, 0.4) is 0 Å². The number of benzene rings is 1. The lowest BCUT2D eigenvalue weighted by Gasteiger charge is -2.12. The van der Waals surface area contributed by atoms with Gasteiger partial charge >= 0.3 is 5.97 Å². The maximum absolute atomic E-state index is 12.0. The van der Waals surface area contributed by atoms with Gasteiger partial charge in [0.2, 0.25) is 0 Å². The Kier molecular flexibility index (Phi) is 5.79. The molecule has 0 bridgehead atoms. The van der Waals surface area contributed by atoms with Crippen molar-refractivity contribution in [2.75, 3.05) is 14.2 Å². The number of carbonyl (C=O) groups is 2. The van der Waals surface area contributed by atoms with Gasteiger partial charge in [0.15, 0.2) is 11.9 Å². The highest BCUT2D eigenvalue weighted by atomic mass is 35.5. The van der Waals surface area contributed by atoms with Gasteiger partial charge in [0, 0.05) is 29.1 Å². The zero-order valence-electron chi connectivity index (χ0n) is 10.8.